The molecule has 4 heteroatoms. The van der Waals surface area contributed by atoms with E-state index in [2.05, 4.69) is 28.2 Å². The minimum Gasteiger partial charge on any atom is -0.389 e. The fourth-order valence-corrected chi connectivity index (χ4v) is 3.47. The van der Waals surface area contributed by atoms with Gasteiger partial charge in [-0.25, -0.2) is 0 Å². The molecule has 2 unspecified atom stereocenters. The van der Waals surface area contributed by atoms with Crippen molar-refractivity contribution < 1.29 is 5.11 Å². The molecule has 1 fully saturated rings. The van der Waals surface area contributed by atoms with Gasteiger partial charge in [-0.3, -0.25) is 0 Å². The van der Waals surface area contributed by atoms with E-state index in [9.17, 15) is 5.11 Å². The van der Waals surface area contributed by atoms with E-state index < -0.39 is 5.60 Å². The molecule has 1 aliphatic rings. The summed E-state index contributed by atoms with van der Waals surface area (Å²) in [5.41, 5.74) is 0.403. The molecule has 100 valence electrons. The monoisotopic (exact) mass is 331 g/mol. The number of halogens is 2. The largest absolute Gasteiger partial charge is 0.389 e. The first kappa shape index (κ1) is 14.3. The molecule has 0 radical (unpaired) electrons. The van der Waals surface area contributed by atoms with Crippen LogP contribution in [0.3, 0.4) is 0 Å². The number of nitrogens with one attached hydrogen (secondary N) is 1. The van der Waals surface area contributed by atoms with Crippen LogP contribution in [0, 0.1) is 5.92 Å². The van der Waals surface area contributed by atoms with Crippen molar-refractivity contribution in [2.45, 2.75) is 31.8 Å². The molecule has 1 aromatic rings. The topological polar surface area (TPSA) is 32.3 Å². The molecule has 2 atom stereocenters. The van der Waals surface area contributed by atoms with Crippen LogP contribution < -0.4 is 5.32 Å². The highest BCUT2D eigenvalue weighted by Gasteiger charge is 2.38. The van der Waals surface area contributed by atoms with Crippen LogP contribution in [0.1, 0.15) is 25.3 Å². The Balaban J connectivity index is 2.20. The molecule has 2 N–H and O–H groups in total. The van der Waals surface area contributed by atoms with Gasteiger partial charge in [-0.1, -0.05) is 40.5 Å². The average molecular weight is 333 g/mol. The minimum absolute atomic E-state index is 0.297. The van der Waals surface area contributed by atoms with Crippen molar-refractivity contribution in [2.75, 3.05) is 13.1 Å². The van der Waals surface area contributed by atoms with Crippen molar-refractivity contribution in [1.29, 1.82) is 0 Å². The van der Waals surface area contributed by atoms with E-state index in [-0.39, 0.29) is 0 Å². The number of benzene rings is 1. The van der Waals surface area contributed by atoms with Crippen LogP contribution in [0.2, 0.25) is 5.02 Å². The van der Waals surface area contributed by atoms with Gasteiger partial charge in [0.2, 0.25) is 0 Å². The summed E-state index contributed by atoms with van der Waals surface area (Å²) in [6.45, 7) is 3.90. The molecule has 0 spiro atoms. The first-order chi connectivity index (χ1) is 8.55. The van der Waals surface area contributed by atoms with Gasteiger partial charge in [0.05, 0.1) is 5.60 Å². The van der Waals surface area contributed by atoms with E-state index >= 15 is 0 Å². The molecule has 0 bridgehead atoms. The van der Waals surface area contributed by atoms with Crippen molar-refractivity contribution >= 4 is 27.5 Å². The van der Waals surface area contributed by atoms with Crippen LogP contribution >= 0.6 is 27.5 Å². The Bertz CT molecular complexity index is 426. The van der Waals surface area contributed by atoms with E-state index in [0.29, 0.717) is 12.3 Å². The van der Waals surface area contributed by atoms with Crippen LogP contribution in [0.4, 0.5) is 0 Å². The molecular formula is C14H19BrClNO. The summed E-state index contributed by atoms with van der Waals surface area (Å²) in [6.07, 6.45) is 2.41. The third-order valence-electron chi connectivity index (χ3n) is 3.89. The van der Waals surface area contributed by atoms with Crippen molar-refractivity contribution in [3.63, 3.8) is 0 Å². The zero-order chi connectivity index (χ0) is 13.2. The van der Waals surface area contributed by atoms with Crippen molar-refractivity contribution in [3.05, 3.63) is 33.3 Å². The van der Waals surface area contributed by atoms with Crippen molar-refractivity contribution in [1.82, 2.24) is 5.32 Å². The summed E-state index contributed by atoms with van der Waals surface area (Å²) in [4.78, 5) is 0. The third kappa shape index (κ3) is 3.08. The van der Waals surface area contributed by atoms with E-state index in [1.165, 1.54) is 0 Å². The molecule has 2 rings (SSSR count). The number of hydrogen-bond acceptors (Lipinski definition) is 2. The Morgan fingerprint density at radius 3 is 3.00 bits per heavy atom. The Kier molecular flexibility index (Phi) is 4.70. The number of piperidine rings is 1. The number of rotatable bonds is 3. The molecule has 2 nitrogen and oxygen atoms in total. The highest BCUT2D eigenvalue weighted by molar-refractivity contribution is 9.10. The first-order valence-electron chi connectivity index (χ1n) is 6.42. The molecule has 0 amide bonds. The van der Waals surface area contributed by atoms with E-state index in [1.54, 1.807) is 0 Å². The summed E-state index contributed by atoms with van der Waals surface area (Å²) in [5, 5.41) is 14.9. The van der Waals surface area contributed by atoms with E-state index in [0.717, 1.165) is 41.0 Å². The molecule has 18 heavy (non-hydrogen) atoms. The van der Waals surface area contributed by atoms with Crippen molar-refractivity contribution in [2.24, 2.45) is 5.92 Å². The highest BCUT2D eigenvalue weighted by Crippen LogP contribution is 2.33. The molecule has 1 aliphatic heterocycles. The Labute approximate surface area is 122 Å². The van der Waals surface area contributed by atoms with Crippen LogP contribution in [-0.2, 0) is 6.42 Å². The maximum absolute atomic E-state index is 10.9. The fourth-order valence-electron chi connectivity index (χ4n) is 2.73. The van der Waals surface area contributed by atoms with Gasteiger partial charge in [-0.05, 0) is 37.1 Å². The number of hydrogen-bond donors (Lipinski definition) is 2. The lowest BCUT2D eigenvalue weighted by atomic mass is 9.76. The molecule has 0 aromatic heterocycles. The van der Waals surface area contributed by atoms with Gasteiger partial charge in [0.1, 0.15) is 0 Å². The summed E-state index contributed by atoms with van der Waals surface area (Å²) in [6, 6.07) is 5.87. The van der Waals surface area contributed by atoms with Gasteiger partial charge in [0.25, 0.3) is 0 Å². The molecule has 0 saturated carbocycles. The summed E-state index contributed by atoms with van der Waals surface area (Å²) in [7, 11) is 0. The van der Waals surface area contributed by atoms with Gasteiger partial charge in [-0.15, -0.1) is 0 Å². The molecule has 1 saturated heterocycles. The molecular weight excluding hydrogens is 314 g/mol. The normalized spacial score (nSPS) is 28.3. The summed E-state index contributed by atoms with van der Waals surface area (Å²) < 4.78 is 0.973. The smallest absolute Gasteiger partial charge is 0.0740 e. The molecule has 0 aliphatic carbocycles. The summed E-state index contributed by atoms with van der Waals surface area (Å²) >= 11 is 9.65. The van der Waals surface area contributed by atoms with Gasteiger partial charge in [0, 0.05) is 28.4 Å². The number of aliphatic hydroxyl groups is 1. The predicted molar refractivity (Wildman–Crippen MR) is 79.1 cm³/mol. The predicted octanol–water partition coefficient (Wildman–Crippen LogP) is 3.40. The van der Waals surface area contributed by atoms with Crippen LogP contribution in [0.15, 0.2) is 22.7 Å². The first-order valence-corrected chi connectivity index (χ1v) is 7.59. The fraction of sp³-hybridized carbons (Fsp3) is 0.571. The molecule has 1 aromatic carbocycles. The zero-order valence-electron chi connectivity index (χ0n) is 10.5. The van der Waals surface area contributed by atoms with Gasteiger partial charge >= 0.3 is 0 Å². The third-order valence-corrected chi connectivity index (χ3v) is 4.73. The van der Waals surface area contributed by atoms with Gasteiger partial charge < -0.3 is 10.4 Å². The quantitative estimate of drug-likeness (QED) is 0.889. The second-order valence-electron chi connectivity index (χ2n) is 5.08. The minimum atomic E-state index is -0.628. The Hall–Kier alpha value is -0.0900. The second-order valence-corrected chi connectivity index (χ2v) is 6.40. The van der Waals surface area contributed by atoms with Gasteiger partial charge in [0.15, 0.2) is 0 Å². The maximum atomic E-state index is 10.9. The molecule has 1 heterocycles. The lowest BCUT2D eigenvalue weighted by Gasteiger charge is -2.40. The average Bonchev–Trinajstić information content (AvgIpc) is 2.33. The standard InChI is InChI=1S/C14H19BrClNO/c1-2-11-9-17-6-5-14(11,18)8-10-3-4-12(15)7-13(10)16/h3-4,7,11,17-18H,2,5-6,8-9H2,1H3. The van der Waals surface area contributed by atoms with Crippen LogP contribution in [0.25, 0.3) is 0 Å². The van der Waals surface area contributed by atoms with E-state index in [1.807, 2.05) is 18.2 Å². The lowest BCUT2D eigenvalue weighted by molar-refractivity contribution is -0.0414. The SMILES string of the molecule is CCC1CNCCC1(O)Cc1ccc(Br)cc1Cl. The second kappa shape index (κ2) is 5.91. The lowest BCUT2D eigenvalue weighted by Crippen LogP contribution is -2.51. The Morgan fingerprint density at radius 1 is 1.56 bits per heavy atom. The van der Waals surface area contributed by atoms with Gasteiger partial charge in [-0.2, -0.15) is 0 Å². The van der Waals surface area contributed by atoms with Crippen molar-refractivity contribution in [3.8, 4) is 0 Å². The van der Waals surface area contributed by atoms with E-state index in [4.69, 9.17) is 11.6 Å². The maximum Gasteiger partial charge on any atom is 0.0740 e. The Morgan fingerprint density at radius 2 is 2.33 bits per heavy atom. The summed E-state index contributed by atoms with van der Waals surface area (Å²) in [5.74, 6) is 0.297. The van der Waals surface area contributed by atoms with Crippen LogP contribution in [0.5, 0.6) is 0 Å². The highest BCUT2D eigenvalue weighted by atomic mass is 79.9. The van der Waals surface area contributed by atoms with Crippen LogP contribution in [-0.4, -0.2) is 23.8 Å². The zero-order valence-corrected chi connectivity index (χ0v) is 12.9.